The second-order valence-corrected chi connectivity index (χ2v) is 3.08. The lowest BCUT2D eigenvalue weighted by Crippen LogP contribution is -2.16. The number of rotatable bonds is 3. The Kier molecular flexibility index (Phi) is 3.25. The highest BCUT2D eigenvalue weighted by Crippen LogP contribution is 2.08. The second-order valence-electron chi connectivity index (χ2n) is 2.74. The fraction of sp³-hybridized carbons (Fsp3) is 0.571. The van der Waals surface area contributed by atoms with Gasteiger partial charge in [0.25, 0.3) is 0 Å². The van der Waals surface area contributed by atoms with Gasteiger partial charge in [0.15, 0.2) is 0 Å². The maximum atomic E-state index is 5.59. The molecule has 0 radical (unpaired) electrons. The highest BCUT2D eigenvalue weighted by Gasteiger charge is 2.04. The molecular weight excluding hydrogens is 190 g/mol. The summed E-state index contributed by atoms with van der Waals surface area (Å²) in [5.74, 6) is 0.553. The van der Waals surface area contributed by atoms with Gasteiger partial charge in [0, 0.05) is 6.04 Å². The molecule has 0 aliphatic heterocycles. The summed E-state index contributed by atoms with van der Waals surface area (Å²) in [6.45, 7) is 4.08. The average Bonchev–Trinajstić information content (AvgIpc) is 2.02. The summed E-state index contributed by atoms with van der Waals surface area (Å²) < 4.78 is 0. The van der Waals surface area contributed by atoms with Gasteiger partial charge in [-0.05, 0) is 24.9 Å². The zero-order chi connectivity index (χ0) is 9.84. The lowest BCUT2D eigenvalue weighted by Gasteiger charge is -2.10. The van der Waals surface area contributed by atoms with Crippen molar-refractivity contribution in [2.45, 2.75) is 26.3 Å². The maximum Gasteiger partial charge on any atom is 0.229 e. The molecule has 0 saturated heterocycles. The molecule has 0 spiro atoms. The van der Waals surface area contributed by atoms with E-state index in [1.54, 1.807) is 0 Å². The van der Waals surface area contributed by atoms with E-state index < -0.39 is 0 Å². The third-order valence-corrected chi connectivity index (χ3v) is 1.78. The molecule has 6 heteroatoms. The molecule has 0 amide bonds. The van der Waals surface area contributed by atoms with E-state index in [4.69, 9.17) is 17.3 Å². The summed E-state index contributed by atoms with van der Waals surface area (Å²) in [4.78, 5) is 11.4. The number of hydrogen-bond donors (Lipinski definition) is 2. The molecule has 0 aliphatic carbocycles. The van der Waals surface area contributed by atoms with E-state index in [0.29, 0.717) is 5.95 Å². The lowest BCUT2D eigenvalue weighted by molar-refractivity contribution is 0.751. The number of nitrogens with zero attached hydrogens (tertiary/aromatic N) is 3. The topological polar surface area (TPSA) is 76.7 Å². The smallest absolute Gasteiger partial charge is 0.229 e. The number of nitrogens with one attached hydrogen (secondary N) is 1. The molecule has 72 valence electrons. The van der Waals surface area contributed by atoms with E-state index in [1.807, 2.05) is 6.92 Å². The number of anilines is 2. The van der Waals surface area contributed by atoms with Crippen LogP contribution >= 0.6 is 11.6 Å². The van der Waals surface area contributed by atoms with Gasteiger partial charge in [0.1, 0.15) is 0 Å². The molecule has 1 rings (SSSR count). The van der Waals surface area contributed by atoms with E-state index in [0.717, 1.165) is 6.42 Å². The predicted octanol–water partition coefficient (Wildman–Crippen LogP) is 1.32. The van der Waals surface area contributed by atoms with Crippen LogP contribution in [0.5, 0.6) is 0 Å². The van der Waals surface area contributed by atoms with Crippen molar-refractivity contribution in [3.63, 3.8) is 0 Å². The van der Waals surface area contributed by atoms with Crippen LogP contribution in [0, 0.1) is 0 Å². The van der Waals surface area contributed by atoms with Crippen LogP contribution in [0.4, 0.5) is 11.9 Å². The SMILES string of the molecule is CC[C@H](C)Nc1nc(N)nc(Cl)n1. The molecule has 0 saturated carbocycles. The Labute approximate surface area is 81.7 Å². The van der Waals surface area contributed by atoms with Crippen LogP contribution in [0.3, 0.4) is 0 Å². The molecule has 1 atom stereocenters. The number of nitrogen functional groups attached to an aromatic ring is 1. The van der Waals surface area contributed by atoms with Gasteiger partial charge >= 0.3 is 0 Å². The lowest BCUT2D eigenvalue weighted by atomic mass is 10.3. The summed E-state index contributed by atoms with van der Waals surface area (Å²) in [6.07, 6.45) is 0.975. The zero-order valence-electron chi connectivity index (χ0n) is 7.58. The molecule has 1 aromatic rings. The van der Waals surface area contributed by atoms with Crippen molar-refractivity contribution in [2.75, 3.05) is 11.1 Å². The van der Waals surface area contributed by atoms with Gasteiger partial charge in [-0.2, -0.15) is 15.0 Å². The first-order valence-electron chi connectivity index (χ1n) is 4.05. The quantitative estimate of drug-likeness (QED) is 0.772. The van der Waals surface area contributed by atoms with Crippen LogP contribution in [0.1, 0.15) is 20.3 Å². The summed E-state index contributed by atoms with van der Waals surface area (Å²) in [5.41, 5.74) is 5.39. The molecule has 0 unspecified atom stereocenters. The minimum Gasteiger partial charge on any atom is -0.368 e. The van der Waals surface area contributed by atoms with Crippen LogP contribution in [0.2, 0.25) is 5.28 Å². The molecule has 0 aromatic carbocycles. The van der Waals surface area contributed by atoms with E-state index in [1.165, 1.54) is 0 Å². The van der Waals surface area contributed by atoms with Gasteiger partial charge < -0.3 is 11.1 Å². The van der Waals surface area contributed by atoms with Gasteiger partial charge in [-0.15, -0.1) is 0 Å². The molecule has 1 aromatic heterocycles. The van der Waals surface area contributed by atoms with Crippen molar-refractivity contribution in [1.29, 1.82) is 0 Å². The van der Waals surface area contributed by atoms with E-state index >= 15 is 0 Å². The van der Waals surface area contributed by atoms with Crippen molar-refractivity contribution in [2.24, 2.45) is 0 Å². The fourth-order valence-corrected chi connectivity index (χ4v) is 0.919. The molecule has 1 heterocycles. The third-order valence-electron chi connectivity index (χ3n) is 1.61. The fourth-order valence-electron chi connectivity index (χ4n) is 0.752. The first kappa shape index (κ1) is 9.98. The summed E-state index contributed by atoms with van der Waals surface area (Å²) in [5, 5.41) is 3.16. The number of nitrogens with two attached hydrogens (primary N) is 1. The summed E-state index contributed by atoms with van der Waals surface area (Å²) in [7, 11) is 0. The number of hydrogen-bond acceptors (Lipinski definition) is 5. The highest BCUT2D eigenvalue weighted by atomic mass is 35.5. The second kappa shape index (κ2) is 4.23. The molecule has 5 nitrogen and oxygen atoms in total. The van der Waals surface area contributed by atoms with Gasteiger partial charge in [0.2, 0.25) is 17.2 Å². The van der Waals surface area contributed by atoms with E-state index in [-0.39, 0.29) is 17.3 Å². The Morgan fingerprint density at radius 2 is 2.15 bits per heavy atom. The molecule has 13 heavy (non-hydrogen) atoms. The Morgan fingerprint density at radius 3 is 2.69 bits per heavy atom. The Balaban J connectivity index is 2.77. The van der Waals surface area contributed by atoms with Crippen LogP contribution in [-0.2, 0) is 0 Å². The highest BCUT2D eigenvalue weighted by molar-refractivity contribution is 6.28. The zero-order valence-corrected chi connectivity index (χ0v) is 8.34. The van der Waals surface area contributed by atoms with Crippen LogP contribution in [0.15, 0.2) is 0 Å². The first-order valence-corrected chi connectivity index (χ1v) is 4.43. The van der Waals surface area contributed by atoms with Crippen LogP contribution in [0.25, 0.3) is 0 Å². The molecular formula is C7H12ClN5. The molecule has 0 fully saturated rings. The van der Waals surface area contributed by atoms with E-state index in [9.17, 15) is 0 Å². The number of halogens is 1. The van der Waals surface area contributed by atoms with Gasteiger partial charge in [0.05, 0.1) is 0 Å². The first-order chi connectivity index (χ1) is 6.11. The predicted molar refractivity (Wildman–Crippen MR) is 52.6 cm³/mol. The van der Waals surface area contributed by atoms with Crippen molar-refractivity contribution in [3.05, 3.63) is 5.28 Å². The molecule has 3 N–H and O–H groups in total. The van der Waals surface area contributed by atoms with E-state index in [2.05, 4.69) is 27.2 Å². The van der Waals surface area contributed by atoms with Gasteiger partial charge in [-0.3, -0.25) is 0 Å². The Bertz CT molecular complexity index is 270. The van der Waals surface area contributed by atoms with Gasteiger partial charge in [-0.25, -0.2) is 0 Å². The number of aromatic nitrogens is 3. The normalized spacial score (nSPS) is 12.5. The summed E-state index contributed by atoms with van der Waals surface area (Å²) in [6, 6.07) is 0.290. The standard InChI is InChI=1S/C7H12ClN5/c1-3-4(2)10-7-12-5(8)11-6(9)13-7/h4H,3H2,1-2H3,(H3,9,10,11,12,13)/t4-/m0/s1. The minimum absolute atomic E-state index is 0.110. The van der Waals surface area contributed by atoms with Crippen molar-refractivity contribution < 1.29 is 0 Å². The maximum absolute atomic E-state index is 5.59. The molecule has 0 aliphatic rings. The van der Waals surface area contributed by atoms with Crippen LogP contribution in [-0.4, -0.2) is 21.0 Å². The van der Waals surface area contributed by atoms with Crippen molar-refractivity contribution >= 4 is 23.5 Å². The summed E-state index contributed by atoms with van der Waals surface area (Å²) >= 11 is 5.59. The van der Waals surface area contributed by atoms with Crippen molar-refractivity contribution in [1.82, 2.24) is 15.0 Å². The largest absolute Gasteiger partial charge is 0.368 e. The third kappa shape index (κ3) is 3.02. The minimum atomic E-state index is 0.110. The Hall–Kier alpha value is -1.10. The van der Waals surface area contributed by atoms with Crippen molar-refractivity contribution in [3.8, 4) is 0 Å². The molecule has 0 bridgehead atoms. The Morgan fingerprint density at radius 1 is 1.46 bits per heavy atom. The van der Waals surface area contributed by atoms with Crippen LogP contribution < -0.4 is 11.1 Å². The monoisotopic (exact) mass is 201 g/mol. The van der Waals surface area contributed by atoms with Gasteiger partial charge in [-0.1, -0.05) is 6.92 Å². The average molecular weight is 202 g/mol.